The van der Waals surface area contributed by atoms with Gasteiger partial charge in [0.1, 0.15) is 0 Å². The highest BCUT2D eigenvalue weighted by Gasteiger charge is 2.12. The molecule has 0 atom stereocenters. The van der Waals surface area contributed by atoms with Crippen molar-refractivity contribution in [2.75, 3.05) is 18.5 Å². The van der Waals surface area contributed by atoms with Crippen LogP contribution in [0.2, 0.25) is 0 Å². The van der Waals surface area contributed by atoms with Gasteiger partial charge in [-0.25, -0.2) is 4.98 Å². The van der Waals surface area contributed by atoms with E-state index in [-0.39, 0.29) is 12.4 Å². The molecule has 118 valence electrons. The lowest BCUT2D eigenvalue weighted by Gasteiger charge is -2.03. The summed E-state index contributed by atoms with van der Waals surface area (Å²) >= 11 is 0. The van der Waals surface area contributed by atoms with E-state index in [1.165, 1.54) is 0 Å². The fourth-order valence-electron chi connectivity index (χ4n) is 2.51. The first-order valence-electron chi connectivity index (χ1n) is 7.59. The summed E-state index contributed by atoms with van der Waals surface area (Å²) in [4.78, 5) is 20.1. The fraction of sp³-hybridized carbons (Fsp3) is 0.222. The highest BCUT2D eigenvalue weighted by molar-refractivity contribution is 5.99. The van der Waals surface area contributed by atoms with Gasteiger partial charge in [-0.1, -0.05) is 42.0 Å². The van der Waals surface area contributed by atoms with Crippen LogP contribution in [0.1, 0.15) is 21.5 Å². The van der Waals surface area contributed by atoms with Crippen LogP contribution in [0.3, 0.4) is 0 Å². The van der Waals surface area contributed by atoms with Crippen LogP contribution in [0.5, 0.6) is 0 Å². The number of nitrogens with zero attached hydrogens (tertiary/aromatic N) is 1. The summed E-state index contributed by atoms with van der Waals surface area (Å²) in [6, 6.07) is 13.4. The molecule has 0 unspecified atom stereocenters. The molecule has 3 aromatic rings. The zero-order valence-electron chi connectivity index (χ0n) is 13.0. The average molecular weight is 309 g/mol. The minimum absolute atomic E-state index is 0.0375. The molecule has 0 bridgehead atoms. The minimum Gasteiger partial charge on any atom is -0.395 e. The maximum atomic E-state index is 12.5. The van der Waals surface area contributed by atoms with Crippen LogP contribution in [0.4, 0.5) is 5.95 Å². The second-order valence-corrected chi connectivity index (χ2v) is 5.52. The number of aryl methyl sites for hydroxylation is 1. The van der Waals surface area contributed by atoms with E-state index in [2.05, 4.69) is 15.3 Å². The molecule has 1 aromatic heterocycles. The Morgan fingerprint density at radius 2 is 2.00 bits per heavy atom. The van der Waals surface area contributed by atoms with Gasteiger partial charge in [0.05, 0.1) is 17.6 Å². The van der Waals surface area contributed by atoms with Crippen molar-refractivity contribution in [2.24, 2.45) is 0 Å². The molecule has 0 saturated carbocycles. The summed E-state index contributed by atoms with van der Waals surface area (Å²) in [6.45, 7) is 2.47. The summed E-state index contributed by atoms with van der Waals surface area (Å²) in [5, 5.41) is 11.9. The molecule has 2 aromatic carbocycles. The number of carbonyl (C=O) groups excluding carboxylic acids is 1. The third-order valence-electron chi connectivity index (χ3n) is 3.73. The Morgan fingerprint density at radius 1 is 1.22 bits per heavy atom. The number of H-pyrrole nitrogens is 1. The first-order valence-corrected chi connectivity index (χ1v) is 7.59. The van der Waals surface area contributed by atoms with E-state index in [0.29, 0.717) is 24.5 Å². The van der Waals surface area contributed by atoms with Gasteiger partial charge < -0.3 is 15.4 Å². The Bertz CT molecular complexity index is 822. The smallest absolute Gasteiger partial charge is 0.201 e. The number of imidazole rings is 1. The second-order valence-electron chi connectivity index (χ2n) is 5.52. The maximum absolute atomic E-state index is 12.5. The largest absolute Gasteiger partial charge is 0.395 e. The Hall–Kier alpha value is -2.66. The summed E-state index contributed by atoms with van der Waals surface area (Å²) in [7, 11) is 0. The Kier molecular flexibility index (Phi) is 4.39. The van der Waals surface area contributed by atoms with Crippen molar-refractivity contribution in [3.63, 3.8) is 0 Å². The number of aromatic nitrogens is 2. The van der Waals surface area contributed by atoms with Gasteiger partial charge in [-0.15, -0.1) is 0 Å². The number of fused-ring (bicyclic) bond motifs is 1. The lowest BCUT2D eigenvalue weighted by Crippen LogP contribution is -2.06. The Morgan fingerprint density at radius 3 is 2.74 bits per heavy atom. The van der Waals surface area contributed by atoms with E-state index >= 15 is 0 Å². The molecule has 0 spiro atoms. The number of carbonyl (C=O) groups is 1. The first kappa shape index (κ1) is 15.2. The summed E-state index contributed by atoms with van der Waals surface area (Å²) in [6.07, 6.45) is 0.310. The number of nitrogens with one attached hydrogen (secondary N) is 2. The predicted octanol–water partition coefficient (Wildman–Crippen LogP) is 2.70. The van der Waals surface area contributed by atoms with Crippen LogP contribution >= 0.6 is 0 Å². The summed E-state index contributed by atoms with van der Waals surface area (Å²) < 4.78 is 0. The van der Waals surface area contributed by atoms with Gasteiger partial charge in [0.15, 0.2) is 5.78 Å². The van der Waals surface area contributed by atoms with E-state index in [1.54, 1.807) is 0 Å². The highest BCUT2D eigenvalue weighted by Crippen LogP contribution is 2.20. The topological polar surface area (TPSA) is 78.0 Å². The normalized spacial score (nSPS) is 10.9. The monoisotopic (exact) mass is 309 g/mol. The number of anilines is 1. The zero-order chi connectivity index (χ0) is 16.2. The van der Waals surface area contributed by atoms with Gasteiger partial charge in [0, 0.05) is 18.5 Å². The molecule has 23 heavy (non-hydrogen) atoms. The number of aromatic amines is 1. The molecular formula is C18H19N3O2. The van der Waals surface area contributed by atoms with Crippen LogP contribution in [-0.4, -0.2) is 34.0 Å². The van der Waals surface area contributed by atoms with E-state index in [1.807, 2.05) is 49.4 Å². The third kappa shape index (κ3) is 3.40. The highest BCUT2D eigenvalue weighted by atomic mass is 16.3. The van der Waals surface area contributed by atoms with Gasteiger partial charge >= 0.3 is 0 Å². The van der Waals surface area contributed by atoms with Gasteiger partial charge in [0.25, 0.3) is 0 Å². The Balaban J connectivity index is 1.85. The molecule has 0 amide bonds. The van der Waals surface area contributed by atoms with Crippen LogP contribution in [-0.2, 0) is 6.42 Å². The van der Waals surface area contributed by atoms with Crippen LogP contribution in [0.25, 0.3) is 11.0 Å². The van der Waals surface area contributed by atoms with Crippen molar-refractivity contribution in [1.29, 1.82) is 0 Å². The third-order valence-corrected chi connectivity index (χ3v) is 3.73. The number of benzene rings is 2. The number of para-hydroxylation sites is 1. The molecular weight excluding hydrogens is 290 g/mol. The van der Waals surface area contributed by atoms with Gasteiger partial charge in [-0.2, -0.15) is 0 Å². The number of ketones is 1. The van der Waals surface area contributed by atoms with E-state index in [9.17, 15) is 4.79 Å². The molecule has 5 heteroatoms. The molecule has 0 saturated heterocycles. The van der Waals surface area contributed by atoms with Crippen LogP contribution < -0.4 is 5.32 Å². The van der Waals surface area contributed by atoms with Crippen LogP contribution in [0.15, 0.2) is 42.5 Å². The standard InChI is InChI=1S/C18H19N3O2/c1-12-5-7-13(8-6-12)16(23)11-14-3-2-4-15-17(14)21-18(20-15)19-9-10-22/h2-8,22H,9-11H2,1H3,(H2,19,20,21). The lowest BCUT2D eigenvalue weighted by atomic mass is 10.0. The van der Waals surface area contributed by atoms with Crippen molar-refractivity contribution in [1.82, 2.24) is 9.97 Å². The van der Waals surface area contributed by atoms with Crippen molar-refractivity contribution in [3.05, 3.63) is 59.2 Å². The molecule has 0 aliphatic heterocycles. The van der Waals surface area contributed by atoms with E-state index < -0.39 is 0 Å². The van der Waals surface area contributed by atoms with Crippen LogP contribution in [0, 0.1) is 6.92 Å². The zero-order valence-corrected chi connectivity index (χ0v) is 13.0. The molecule has 3 rings (SSSR count). The first-order chi connectivity index (χ1) is 11.2. The maximum Gasteiger partial charge on any atom is 0.201 e. The lowest BCUT2D eigenvalue weighted by molar-refractivity contribution is 0.0993. The fourth-order valence-corrected chi connectivity index (χ4v) is 2.51. The van der Waals surface area contributed by atoms with Gasteiger partial charge in [-0.05, 0) is 18.6 Å². The van der Waals surface area contributed by atoms with Crippen molar-refractivity contribution in [3.8, 4) is 0 Å². The van der Waals surface area contributed by atoms with Crippen molar-refractivity contribution < 1.29 is 9.90 Å². The van der Waals surface area contributed by atoms with Crippen molar-refractivity contribution >= 4 is 22.8 Å². The summed E-state index contributed by atoms with van der Waals surface area (Å²) in [5.74, 6) is 0.676. The van der Waals surface area contributed by atoms with Gasteiger partial charge in [-0.3, -0.25) is 4.79 Å². The summed E-state index contributed by atoms with van der Waals surface area (Å²) in [5.41, 5.74) is 4.40. The second kappa shape index (κ2) is 6.62. The van der Waals surface area contributed by atoms with Crippen molar-refractivity contribution in [2.45, 2.75) is 13.3 Å². The number of aliphatic hydroxyl groups is 1. The molecule has 0 radical (unpaired) electrons. The number of aliphatic hydroxyl groups excluding tert-OH is 1. The average Bonchev–Trinajstić information content (AvgIpc) is 2.97. The number of hydrogen-bond acceptors (Lipinski definition) is 4. The molecule has 0 aliphatic rings. The van der Waals surface area contributed by atoms with E-state index in [4.69, 9.17) is 5.11 Å². The predicted molar refractivity (Wildman–Crippen MR) is 90.9 cm³/mol. The quantitative estimate of drug-likeness (QED) is 0.612. The Labute approximate surface area is 134 Å². The molecule has 3 N–H and O–H groups in total. The number of rotatable bonds is 6. The SMILES string of the molecule is Cc1ccc(C(=O)Cc2cccc3[nH]c(NCCO)nc23)cc1. The number of hydrogen-bond donors (Lipinski definition) is 3. The number of Topliss-reactive ketones (excluding diaryl/α,β-unsaturated/α-hetero) is 1. The molecule has 0 aliphatic carbocycles. The molecule has 1 heterocycles. The van der Waals surface area contributed by atoms with Gasteiger partial charge in [0.2, 0.25) is 5.95 Å². The van der Waals surface area contributed by atoms with E-state index in [0.717, 1.165) is 22.2 Å². The minimum atomic E-state index is 0.0375. The molecule has 0 fully saturated rings. The molecule has 5 nitrogen and oxygen atoms in total.